The minimum absolute atomic E-state index is 0.00209. The second-order valence-corrected chi connectivity index (χ2v) is 3.24. The second-order valence-electron chi connectivity index (χ2n) is 3.24. The van der Waals surface area contributed by atoms with Crippen LogP contribution in [0.15, 0.2) is 0 Å². The summed E-state index contributed by atoms with van der Waals surface area (Å²) in [6.45, 7) is 1.85. The number of aliphatic hydroxyl groups excluding tert-OH is 1. The summed E-state index contributed by atoms with van der Waals surface area (Å²) in [5.41, 5.74) is 0. The van der Waals surface area contributed by atoms with Crippen molar-refractivity contribution in [3.63, 3.8) is 0 Å². The van der Waals surface area contributed by atoms with Crippen LogP contribution in [-0.4, -0.2) is 50.3 Å². The molecule has 1 unspecified atom stereocenters. The average Bonchev–Trinajstić information content (AvgIpc) is 2.70. The monoisotopic (exact) mass is 218 g/mol. The number of nitrogens with one attached hydrogen (secondary N) is 2. The van der Waals surface area contributed by atoms with Gasteiger partial charge in [0.15, 0.2) is 0 Å². The van der Waals surface area contributed by atoms with E-state index in [9.17, 15) is 4.79 Å². The highest BCUT2D eigenvalue weighted by molar-refractivity contribution is 5.73. The summed E-state index contributed by atoms with van der Waals surface area (Å²) in [5.74, 6) is 0. The highest BCUT2D eigenvalue weighted by atomic mass is 16.5. The van der Waals surface area contributed by atoms with Gasteiger partial charge in [0.05, 0.1) is 19.8 Å². The van der Waals surface area contributed by atoms with Gasteiger partial charge in [0.25, 0.3) is 0 Å². The fourth-order valence-corrected chi connectivity index (χ4v) is 1.29. The van der Waals surface area contributed by atoms with Crippen LogP contribution < -0.4 is 10.6 Å². The van der Waals surface area contributed by atoms with Crippen LogP contribution in [-0.2, 0) is 9.47 Å². The molecule has 15 heavy (non-hydrogen) atoms. The van der Waals surface area contributed by atoms with E-state index < -0.39 is 0 Å². The third-order valence-corrected chi connectivity index (χ3v) is 1.99. The van der Waals surface area contributed by atoms with Crippen LogP contribution in [0.1, 0.15) is 12.8 Å². The Morgan fingerprint density at radius 2 is 2.40 bits per heavy atom. The lowest BCUT2D eigenvalue weighted by Crippen LogP contribution is -2.42. The van der Waals surface area contributed by atoms with Gasteiger partial charge in [-0.15, -0.1) is 0 Å². The molecule has 3 N–H and O–H groups in total. The molecular weight excluding hydrogens is 200 g/mol. The van der Waals surface area contributed by atoms with Crippen LogP contribution in [0.5, 0.6) is 0 Å². The number of ether oxygens (including phenoxy) is 2. The molecule has 2 amide bonds. The van der Waals surface area contributed by atoms with E-state index in [-0.39, 0.29) is 18.9 Å². The number of rotatable bonds is 6. The lowest BCUT2D eigenvalue weighted by molar-refractivity contribution is 0.0859. The number of amides is 2. The van der Waals surface area contributed by atoms with E-state index in [4.69, 9.17) is 14.6 Å². The Hall–Kier alpha value is -0.850. The van der Waals surface area contributed by atoms with E-state index in [0.717, 1.165) is 12.8 Å². The largest absolute Gasteiger partial charge is 0.394 e. The number of carbonyl (C=O) groups is 1. The quantitative estimate of drug-likeness (QED) is 0.522. The molecule has 0 aromatic heterocycles. The Morgan fingerprint density at radius 1 is 1.53 bits per heavy atom. The van der Waals surface area contributed by atoms with Gasteiger partial charge in [-0.2, -0.15) is 0 Å². The van der Waals surface area contributed by atoms with Crippen LogP contribution >= 0.6 is 0 Å². The number of hydrogen-bond acceptors (Lipinski definition) is 4. The van der Waals surface area contributed by atoms with Gasteiger partial charge < -0.3 is 25.2 Å². The summed E-state index contributed by atoms with van der Waals surface area (Å²) in [7, 11) is 0. The van der Waals surface area contributed by atoms with Gasteiger partial charge in [0, 0.05) is 13.2 Å². The van der Waals surface area contributed by atoms with Crippen molar-refractivity contribution in [1.29, 1.82) is 0 Å². The molecule has 6 nitrogen and oxygen atoms in total. The van der Waals surface area contributed by atoms with E-state index in [1.165, 1.54) is 0 Å². The molecule has 0 bridgehead atoms. The van der Waals surface area contributed by atoms with E-state index in [2.05, 4.69) is 10.6 Å². The molecule has 1 atom stereocenters. The van der Waals surface area contributed by atoms with Crippen molar-refractivity contribution in [1.82, 2.24) is 10.6 Å². The maximum Gasteiger partial charge on any atom is 0.316 e. The van der Waals surface area contributed by atoms with Crippen LogP contribution in [0.4, 0.5) is 4.79 Å². The Bertz CT molecular complexity index is 183. The first-order chi connectivity index (χ1) is 7.33. The first kappa shape index (κ1) is 12.2. The topological polar surface area (TPSA) is 79.8 Å². The van der Waals surface area contributed by atoms with Crippen molar-refractivity contribution in [2.24, 2.45) is 0 Å². The molecular formula is C9H18N2O4. The van der Waals surface area contributed by atoms with E-state index in [0.29, 0.717) is 26.4 Å². The van der Waals surface area contributed by atoms with Crippen LogP contribution in [0, 0.1) is 0 Å². The van der Waals surface area contributed by atoms with Crippen LogP contribution in [0.2, 0.25) is 0 Å². The smallest absolute Gasteiger partial charge is 0.316 e. The molecule has 88 valence electrons. The minimum atomic E-state index is -0.241. The molecule has 1 aliphatic heterocycles. The van der Waals surface area contributed by atoms with Gasteiger partial charge in [-0.25, -0.2) is 4.79 Å². The third kappa shape index (κ3) is 5.56. The van der Waals surface area contributed by atoms with Crippen molar-refractivity contribution < 1.29 is 19.4 Å². The lowest BCUT2D eigenvalue weighted by Gasteiger charge is -2.12. The SMILES string of the molecule is O=C(NCCOCCO)NC1CCCO1. The van der Waals surface area contributed by atoms with Crippen LogP contribution in [0.25, 0.3) is 0 Å². The molecule has 6 heteroatoms. The summed E-state index contributed by atoms with van der Waals surface area (Å²) in [6, 6.07) is -0.241. The molecule has 0 spiro atoms. The molecule has 1 rings (SSSR count). The fraction of sp³-hybridized carbons (Fsp3) is 0.889. The minimum Gasteiger partial charge on any atom is -0.394 e. The van der Waals surface area contributed by atoms with Gasteiger partial charge >= 0.3 is 6.03 Å². The normalized spacial score (nSPS) is 20.2. The van der Waals surface area contributed by atoms with Gasteiger partial charge in [0.1, 0.15) is 6.23 Å². The number of urea groups is 1. The average molecular weight is 218 g/mol. The Kier molecular flexibility index (Phi) is 6.06. The molecule has 1 heterocycles. The van der Waals surface area contributed by atoms with Crippen molar-refractivity contribution >= 4 is 6.03 Å². The standard InChI is InChI=1S/C9H18N2O4/c12-4-7-14-6-3-10-9(13)11-8-2-1-5-15-8/h8,12H,1-7H2,(H2,10,11,13). The lowest BCUT2D eigenvalue weighted by atomic mass is 10.3. The van der Waals surface area contributed by atoms with Crippen molar-refractivity contribution in [2.45, 2.75) is 19.1 Å². The Balaban J connectivity index is 1.93. The van der Waals surface area contributed by atoms with Gasteiger partial charge in [-0.05, 0) is 12.8 Å². The maximum atomic E-state index is 11.2. The highest BCUT2D eigenvalue weighted by Gasteiger charge is 2.16. The summed E-state index contributed by atoms with van der Waals surface area (Å²) >= 11 is 0. The first-order valence-corrected chi connectivity index (χ1v) is 5.17. The van der Waals surface area contributed by atoms with Gasteiger partial charge in [0.2, 0.25) is 0 Å². The summed E-state index contributed by atoms with van der Waals surface area (Å²) in [5, 5.41) is 13.7. The molecule has 0 aromatic carbocycles. The zero-order valence-electron chi connectivity index (χ0n) is 8.70. The Morgan fingerprint density at radius 3 is 3.07 bits per heavy atom. The zero-order chi connectivity index (χ0) is 10.9. The first-order valence-electron chi connectivity index (χ1n) is 5.17. The molecule has 0 saturated carbocycles. The molecule has 0 radical (unpaired) electrons. The molecule has 1 aliphatic rings. The summed E-state index contributed by atoms with van der Waals surface area (Å²) < 4.78 is 10.2. The maximum absolute atomic E-state index is 11.2. The third-order valence-electron chi connectivity index (χ3n) is 1.99. The molecule has 1 fully saturated rings. The summed E-state index contributed by atoms with van der Waals surface area (Å²) in [4.78, 5) is 11.2. The Labute approximate surface area is 88.9 Å². The number of aliphatic hydroxyl groups is 1. The van der Waals surface area contributed by atoms with E-state index in [1.54, 1.807) is 0 Å². The predicted octanol–water partition coefficient (Wildman–Crippen LogP) is -0.569. The summed E-state index contributed by atoms with van der Waals surface area (Å²) in [6.07, 6.45) is 1.71. The van der Waals surface area contributed by atoms with E-state index >= 15 is 0 Å². The number of hydrogen-bond donors (Lipinski definition) is 3. The zero-order valence-corrected chi connectivity index (χ0v) is 8.70. The van der Waals surface area contributed by atoms with Gasteiger partial charge in [-0.3, -0.25) is 0 Å². The highest BCUT2D eigenvalue weighted by Crippen LogP contribution is 2.08. The second kappa shape index (κ2) is 7.44. The van der Waals surface area contributed by atoms with Crippen molar-refractivity contribution in [3.8, 4) is 0 Å². The van der Waals surface area contributed by atoms with Crippen molar-refractivity contribution in [2.75, 3.05) is 33.0 Å². The van der Waals surface area contributed by atoms with Crippen LogP contribution in [0.3, 0.4) is 0 Å². The van der Waals surface area contributed by atoms with E-state index in [1.807, 2.05) is 0 Å². The van der Waals surface area contributed by atoms with Crippen molar-refractivity contribution in [3.05, 3.63) is 0 Å². The van der Waals surface area contributed by atoms with Gasteiger partial charge in [-0.1, -0.05) is 0 Å². The molecule has 1 saturated heterocycles. The fourth-order valence-electron chi connectivity index (χ4n) is 1.29. The predicted molar refractivity (Wildman–Crippen MR) is 53.4 cm³/mol. The molecule has 0 aromatic rings. The number of carbonyl (C=O) groups excluding carboxylic acids is 1. The molecule has 0 aliphatic carbocycles.